The van der Waals surface area contributed by atoms with Gasteiger partial charge in [-0.05, 0) is 38.1 Å². The lowest BCUT2D eigenvalue weighted by Gasteiger charge is -2.33. The van der Waals surface area contributed by atoms with Crippen LogP contribution in [0.5, 0.6) is 0 Å². The van der Waals surface area contributed by atoms with E-state index in [1.807, 2.05) is 12.1 Å². The van der Waals surface area contributed by atoms with Crippen molar-refractivity contribution in [2.75, 3.05) is 26.8 Å². The molecule has 7 heteroatoms. The zero-order valence-electron chi connectivity index (χ0n) is 11.9. The van der Waals surface area contributed by atoms with Crippen LogP contribution in [0.15, 0.2) is 29.0 Å². The van der Waals surface area contributed by atoms with E-state index in [9.17, 15) is 0 Å². The van der Waals surface area contributed by atoms with E-state index < -0.39 is 0 Å². The molecule has 2 aromatic rings. The van der Waals surface area contributed by atoms with Crippen LogP contribution in [-0.4, -0.2) is 41.9 Å². The number of nitrogens with zero attached hydrogens (tertiary/aromatic N) is 3. The summed E-state index contributed by atoms with van der Waals surface area (Å²) < 4.78 is 10.9. The van der Waals surface area contributed by atoms with Crippen molar-refractivity contribution >= 4 is 12.4 Å². The third kappa shape index (κ3) is 3.23. The van der Waals surface area contributed by atoms with Crippen LogP contribution in [-0.2, 0) is 10.2 Å². The van der Waals surface area contributed by atoms with Gasteiger partial charge in [-0.3, -0.25) is 4.98 Å². The highest BCUT2D eigenvalue weighted by Gasteiger charge is 2.39. The Labute approximate surface area is 129 Å². The summed E-state index contributed by atoms with van der Waals surface area (Å²) in [5.41, 5.74) is 0.692. The van der Waals surface area contributed by atoms with Crippen molar-refractivity contribution < 1.29 is 9.26 Å². The molecule has 0 radical (unpaired) electrons. The number of hydrogen-bond donors (Lipinski definition) is 1. The number of halogens is 1. The van der Waals surface area contributed by atoms with Crippen molar-refractivity contribution in [2.45, 2.75) is 18.3 Å². The number of piperidine rings is 1. The first-order valence-electron chi connectivity index (χ1n) is 6.78. The molecular formula is C14H19ClN4O2. The third-order valence-electron chi connectivity index (χ3n) is 3.78. The van der Waals surface area contributed by atoms with E-state index >= 15 is 0 Å². The third-order valence-corrected chi connectivity index (χ3v) is 3.78. The number of pyridine rings is 1. The van der Waals surface area contributed by atoms with Gasteiger partial charge in [-0.25, -0.2) is 0 Å². The van der Waals surface area contributed by atoms with E-state index in [-0.39, 0.29) is 17.8 Å². The molecule has 0 aliphatic carbocycles. The highest BCUT2D eigenvalue weighted by molar-refractivity contribution is 5.85. The summed E-state index contributed by atoms with van der Waals surface area (Å²) in [4.78, 5) is 8.65. The first-order valence-corrected chi connectivity index (χ1v) is 6.78. The fourth-order valence-corrected chi connectivity index (χ4v) is 2.65. The number of methoxy groups -OCH3 is 1. The van der Waals surface area contributed by atoms with Crippen LogP contribution >= 0.6 is 12.4 Å². The Hall–Kier alpha value is -1.50. The minimum absolute atomic E-state index is 0. The van der Waals surface area contributed by atoms with Crippen LogP contribution in [0, 0.1) is 0 Å². The summed E-state index contributed by atoms with van der Waals surface area (Å²) >= 11 is 0. The molecule has 1 fully saturated rings. The number of nitrogens with one attached hydrogen (secondary N) is 1. The molecule has 1 aliphatic heterocycles. The van der Waals surface area contributed by atoms with Crippen molar-refractivity contribution in [3.8, 4) is 11.4 Å². The van der Waals surface area contributed by atoms with Gasteiger partial charge in [0, 0.05) is 25.1 Å². The largest absolute Gasteiger partial charge is 0.384 e. The van der Waals surface area contributed by atoms with Gasteiger partial charge in [0.15, 0.2) is 0 Å². The van der Waals surface area contributed by atoms with Crippen LogP contribution in [0.4, 0.5) is 0 Å². The molecule has 1 saturated heterocycles. The van der Waals surface area contributed by atoms with E-state index in [4.69, 9.17) is 9.26 Å². The number of aromatic nitrogens is 3. The maximum atomic E-state index is 5.52. The Bertz CT molecular complexity index is 550. The predicted octanol–water partition coefficient (Wildman–Crippen LogP) is 1.82. The average molecular weight is 311 g/mol. The summed E-state index contributed by atoms with van der Waals surface area (Å²) in [6.07, 6.45) is 5.34. The van der Waals surface area contributed by atoms with Crippen molar-refractivity contribution in [1.29, 1.82) is 0 Å². The fraction of sp³-hybridized carbons (Fsp3) is 0.500. The lowest BCUT2D eigenvalue weighted by Crippen LogP contribution is -2.43. The molecule has 1 N–H and O–H groups in total. The Morgan fingerprint density at radius 2 is 2.19 bits per heavy atom. The van der Waals surface area contributed by atoms with E-state index in [1.54, 1.807) is 19.5 Å². The van der Waals surface area contributed by atoms with Gasteiger partial charge in [0.2, 0.25) is 11.7 Å². The van der Waals surface area contributed by atoms with E-state index in [0.29, 0.717) is 18.3 Å². The smallest absolute Gasteiger partial charge is 0.235 e. The van der Waals surface area contributed by atoms with Crippen LogP contribution < -0.4 is 5.32 Å². The highest BCUT2D eigenvalue weighted by Crippen LogP contribution is 2.33. The quantitative estimate of drug-likeness (QED) is 0.928. The van der Waals surface area contributed by atoms with Crippen LogP contribution in [0.2, 0.25) is 0 Å². The van der Waals surface area contributed by atoms with E-state index in [1.165, 1.54) is 0 Å². The lowest BCUT2D eigenvalue weighted by atomic mass is 9.79. The van der Waals surface area contributed by atoms with Gasteiger partial charge in [0.25, 0.3) is 0 Å². The molecule has 3 rings (SSSR count). The molecule has 0 aromatic carbocycles. The Morgan fingerprint density at radius 1 is 1.38 bits per heavy atom. The molecule has 0 bridgehead atoms. The van der Waals surface area contributed by atoms with Crippen molar-refractivity contribution in [3.63, 3.8) is 0 Å². The molecule has 6 nitrogen and oxygen atoms in total. The van der Waals surface area contributed by atoms with Crippen LogP contribution in [0.3, 0.4) is 0 Å². The fourth-order valence-electron chi connectivity index (χ4n) is 2.65. The van der Waals surface area contributed by atoms with Gasteiger partial charge in [0.1, 0.15) is 0 Å². The first kappa shape index (κ1) is 15.9. The number of rotatable bonds is 4. The lowest BCUT2D eigenvalue weighted by molar-refractivity contribution is 0.0850. The zero-order valence-corrected chi connectivity index (χ0v) is 12.7. The van der Waals surface area contributed by atoms with Crippen LogP contribution in [0.25, 0.3) is 11.4 Å². The van der Waals surface area contributed by atoms with Gasteiger partial charge in [-0.15, -0.1) is 12.4 Å². The summed E-state index contributed by atoms with van der Waals surface area (Å²) in [5, 5.41) is 7.44. The summed E-state index contributed by atoms with van der Waals surface area (Å²) in [5.74, 6) is 1.25. The first-order chi connectivity index (χ1) is 9.84. The molecule has 0 unspecified atom stereocenters. The van der Waals surface area contributed by atoms with E-state index in [0.717, 1.165) is 31.5 Å². The summed E-state index contributed by atoms with van der Waals surface area (Å²) in [6.45, 7) is 2.48. The monoisotopic (exact) mass is 310 g/mol. The second-order valence-corrected chi connectivity index (χ2v) is 5.13. The molecule has 0 atom stereocenters. The maximum absolute atomic E-state index is 5.52. The Morgan fingerprint density at radius 3 is 2.86 bits per heavy atom. The second-order valence-electron chi connectivity index (χ2n) is 5.13. The number of ether oxygens (including phenoxy) is 1. The van der Waals surface area contributed by atoms with E-state index in [2.05, 4.69) is 20.4 Å². The maximum Gasteiger partial charge on any atom is 0.235 e. The minimum atomic E-state index is -0.173. The molecule has 21 heavy (non-hydrogen) atoms. The van der Waals surface area contributed by atoms with Gasteiger partial charge in [-0.1, -0.05) is 5.16 Å². The van der Waals surface area contributed by atoms with Crippen LogP contribution in [0.1, 0.15) is 18.7 Å². The molecule has 114 valence electrons. The summed E-state index contributed by atoms with van der Waals surface area (Å²) in [7, 11) is 1.71. The second kappa shape index (κ2) is 6.98. The molecular weight excluding hydrogens is 292 g/mol. The zero-order chi connectivity index (χ0) is 13.8. The minimum Gasteiger partial charge on any atom is -0.384 e. The molecule has 0 spiro atoms. The van der Waals surface area contributed by atoms with Crippen molar-refractivity contribution in [2.24, 2.45) is 0 Å². The van der Waals surface area contributed by atoms with Gasteiger partial charge in [-0.2, -0.15) is 4.98 Å². The Kier molecular flexibility index (Phi) is 5.27. The normalized spacial score (nSPS) is 17.2. The van der Waals surface area contributed by atoms with Gasteiger partial charge in [0.05, 0.1) is 12.0 Å². The number of hydrogen-bond acceptors (Lipinski definition) is 6. The topological polar surface area (TPSA) is 73.1 Å². The summed E-state index contributed by atoms with van der Waals surface area (Å²) in [6, 6.07) is 3.79. The molecule has 3 heterocycles. The molecule has 1 aliphatic rings. The standard InChI is InChI=1S/C14H18N4O2.ClH/c1-19-10-14(4-7-15-8-5-14)13-17-12(18-20-13)11-3-2-6-16-9-11;/h2-3,6,9,15H,4-5,7-8,10H2,1H3;1H. The molecule has 0 saturated carbocycles. The molecule has 2 aromatic heterocycles. The van der Waals surface area contributed by atoms with Gasteiger partial charge >= 0.3 is 0 Å². The molecule has 0 amide bonds. The SMILES string of the molecule is COCC1(c2nc(-c3cccnc3)no2)CCNCC1.Cl. The predicted molar refractivity (Wildman–Crippen MR) is 80.4 cm³/mol. The van der Waals surface area contributed by atoms with Crippen molar-refractivity contribution in [1.82, 2.24) is 20.4 Å². The highest BCUT2D eigenvalue weighted by atomic mass is 35.5. The van der Waals surface area contributed by atoms with Crippen molar-refractivity contribution in [3.05, 3.63) is 30.4 Å². The Balaban J connectivity index is 0.00000161. The average Bonchev–Trinajstić information content (AvgIpc) is 3.00. The van der Waals surface area contributed by atoms with Gasteiger partial charge < -0.3 is 14.6 Å².